The van der Waals surface area contributed by atoms with Crippen molar-refractivity contribution in [2.45, 2.75) is 142 Å². The van der Waals surface area contributed by atoms with E-state index in [4.69, 9.17) is 14.2 Å². The van der Waals surface area contributed by atoms with E-state index in [9.17, 15) is 14.4 Å². The summed E-state index contributed by atoms with van der Waals surface area (Å²) in [5.41, 5.74) is 0.181. The van der Waals surface area contributed by atoms with Gasteiger partial charge in [-0.3, -0.25) is 14.4 Å². The Morgan fingerprint density at radius 2 is 0.761 bits per heavy atom. The molecule has 0 aromatic carbocycles. The van der Waals surface area contributed by atoms with Gasteiger partial charge in [0.05, 0.1) is 39.1 Å². The maximum Gasteiger partial charge on any atom is 0.307 e. The van der Waals surface area contributed by atoms with Crippen LogP contribution in [0.4, 0.5) is 0 Å². The van der Waals surface area contributed by atoms with Crippen LogP contribution in [0.15, 0.2) is 0 Å². The van der Waals surface area contributed by atoms with Crippen LogP contribution in [0.2, 0.25) is 0 Å². The molecule has 0 fully saturated rings. The second-order valence-electron chi connectivity index (χ2n) is 19.5. The van der Waals surface area contributed by atoms with Crippen LogP contribution in [0, 0.1) is 32.5 Å². The van der Waals surface area contributed by atoms with Gasteiger partial charge in [-0.2, -0.15) is 0 Å². The Balaban J connectivity index is 4.92. The molecule has 8 heteroatoms. The first kappa shape index (κ1) is 44.3. The lowest BCUT2D eigenvalue weighted by molar-refractivity contribution is -0.148. The molecule has 1 N–H and O–H groups in total. The van der Waals surface area contributed by atoms with Crippen LogP contribution in [0.5, 0.6) is 0 Å². The molecule has 46 heavy (non-hydrogen) atoms. The predicted molar refractivity (Wildman–Crippen MR) is 190 cm³/mol. The van der Waals surface area contributed by atoms with E-state index in [0.29, 0.717) is 59.0 Å². The summed E-state index contributed by atoms with van der Waals surface area (Å²) in [5, 5.41) is 3.32. The summed E-state index contributed by atoms with van der Waals surface area (Å²) >= 11 is 0. The summed E-state index contributed by atoms with van der Waals surface area (Å²) in [6.45, 7) is 36.4. The number of hydrogen-bond acceptors (Lipinski definition) is 8. The van der Waals surface area contributed by atoms with E-state index in [1.165, 1.54) is 0 Å². The topological polar surface area (TPSA) is 94.2 Å². The third-order valence-corrected chi connectivity index (χ3v) is 7.27. The predicted octanol–water partition coefficient (Wildman–Crippen LogP) is 8.07. The fourth-order valence-corrected chi connectivity index (χ4v) is 6.89. The number of nitrogens with one attached hydrogen (secondary N) is 1. The summed E-state index contributed by atoms with van der Waals surface area (Å²) in [7, 11) is 0. The molecule has 0 aliphatic rings. The van der Waals surface area contributed by atoms with Crippen molar-refractivity contribution in [3.63, 3.8) is 0 Å². The van der Waals surface area contributed by atoms with Gasteiger partial charge in [0.15, 0.2) is 0 Å². The number of nitrogens with zero attached hydrogens (tertiary/aromatic N) is 1. The van der Waals surface area contributed by atoms with E-state index in [-0.39, 0.29) is 63.2 Å². The molecule has 0 unspecified atom stereocenters. The van der Waals surface area contributed by atoms with Crippen molar-refractivity contribution in [2.75, 3.05) is 52.5 Å². The Hall–Kier alpha value is -1.67. The molecule has 272 valence electrons. The van der Waals surface area contributed by atoms with Gasteiger partial charge in [-0.25, -0.2) is 0 Å². The van der Waals surface area contributed by atoms with Crippen LogP contribution >= 0.6 is 0 Å². The number of esters is 3. The third kappa shape index (κ3) is 26.4. The zero-order chi connectivity index (χ0) is 36.0. The molecule has 0 aromatic rings. The first-order valence-electron chi connectivity index (χ1n) is 17.5. The van der Waals surface area contributed by atoms with Gasteiger partial charge in [-0.1, -0.05) is 104 Å². The van der Waals surface area contributed by atoms with Gasteiger partial charge in [0, 0.05) is 32.7 Å². The van der Waals surface area contributed by atoms with Gasteiger partial charge < -0.3 is 24.4 Å². The van der Waals surface area contributed by atoms with E-state index in [0.717, 1.165) is 19.3 Å². The maximum atomic E-state index is 12.7. The number of ether oxygens (including phenoxy) is 3. The molecule has 0 aliphatic heterocycles. The smallest absolute Gasteiger partial charge is 0.307 e. The highest BCUT2D eigenvalue weighted by Crippen LogP contribution is 2.35. The lowest BCUT2D eigenvalue weighted by Gasteiger charge is -2.32. The van der Waals surface area contributed by atoms with Crippen molar-refractivity contribution >= 4 is 17.9 Å². The minimum atomic E-state index is -0.233. The van der Waals surface area contributed by atoms with E-state index in [1.807, 2.05) is 0 Å². The number of carbonyl (C=O) groups is 3. The van der Waals surface area contributed by atoms with Crippen molar-refractivity contribution in [3.8, 4) is 0 Å². The van der Waals surface area contributed by atoms with E-state index >= 15 is 0 Å². The number of hydrogen-bond donors (Lipinski definition) is 1. The molecule has 0 atom stereocenters. The van der Waals surface area contributed by atoms with Gasteiger partial charge in [-0.05, 0) is 51.8 Å². The molecular formula is C38H74N2O6. The Morgan fingerprint density at radius 3 is 1.07 bits per heavy atom. The molecule has 0 spiro atoms. The van der Waals surface area contributed by atoms with Crippen molar-refractivity contribution < 1.29 is 28.6 Å². The molecule has 0 bridgehead atoms. The minimum absolute atomic E-state index is 0.0746. The molecule has 0 saturated carbocycles. The summed E-state index contributed by atoms with van der Waals surface area (Å²) in [6, 6.07) is 0. The van der Waals surface area contributed by atoms with Crippen molar-refractivity contribution in [1.29, 1.82) is 0 Å². The van der Waals surface area contributed by atoms with Gasteiger partial charge in [0.1, 0.15) is 0 Å². The van der Waals surface area contributed by atoms with Crippen LogP contribution in [0.3, 0.4) is 0 Å². The Kier molecular flexibility index (Phi) is 18.1. The van der Waals surface area contributed by atoms with E-state index < -0.39 is 0 Å². The van der Waals surface area contributed by atoms with E-state index in [2.05, 4.69) is 114 Å². The van der Waals surface area contributed by atoms with Crippen LogP contribution < -0.4 is 5.32 Å². The lowest BCUT2D eigenvalue weighted by Crippen LogP contribution is -2.37. The van der Waals surface area contributed by atoms with E-state index in [1.54, 1.807) is 0 Å². The van der Waals surface area contributed by atoms with Gasteiger partial charge >= 0.3 is 17.9 Å². The minimum Gasteiger partial charge on any atom is -0.465 e. The first-order valence-corrected chi connectivity index (χ1v) is 17.5. The molecule has 0 saturated heterocycles. The highest BCUT2D eigenvalue weighted by atomic mass is 16.5. The molecule has 0 heterocycles. The average Bonchev–Trinajstić information content (AvgIpc) is 2.81. The number of carbonyl (C=O) groups excluding carboxylic acids is 3. The summed E-state index contributed by atoms with van der Waals surface area (Å²) in [4.78, 5) is 39.8. The van der Waals surface area contributed by atoms with Crippen LogP contribution in [0.25, 0.3) is 0 Å². The monoisotopic (exact) mass is 655 g/mol. The average molecular weight is 655 g/mol. The zero-order valence-corrected chi connectivity index (χ0v) is 32.8. The Labute approximate surface area is 283 Å². The molecule has 0 aromatic heterocycles. The summed E-state index contributed by atoms with van der Waals surface area (Å²) < 4.78 is 16.9. The standard InChI is InChI=1S/C38H74N2O6/c1-33(2,3)24-36(10,11)27-44-30(41)16-19-39-20-23-40(21-17-31(42)45-28-37(12,13)25-34(4,5)6)22-18-32(43)46-29-38(14,15)26-35(7,8)9/h39H,16-29H2,1-15H3. The van der Waals surface area contributed by atoms with Crippen LogP contribution in [0.1, 0.15) is 142 Å². The molecule has 8 nitrogen and oxygen atoms in total. The second kappa shape index (κ2) is 18.8. The largest absolute Gasteiger partial charge is 0.465 e. The Morgan fingerprint density at radius 1 is 0.457 bits per heavy atom. The maximum absolute atomic E-state index is 12.7. The fourth-order valence-electron chi connectivity index (χ4n) is 6.89. The quantitative estimate of drug-likeness (QED) is 0.0755. The van der Waals surface area contributed by atoms with Gasteiger partial charge in [0.2, 0.25) is 0 Å². The third-order valence-electron chi connectivity index (χ3n) is 7.27. The molecule has 0 amide bonds. The lowest BCUT2D eigenvalue weighted by atomic mass is 9.77. The fraction of sp³-hybridized carbons (Fsp3) is 0.921. The second-order valence-corrected chi connectivity index (χ2v) is 19.5. The molecule has 0 radical (unpaired) electrons. The normalized spacial score (nSPS) is 13.6. The molecule has 0 rings (SSSR count). The SMILES string of the molecule is CC(C)(C)CC(C)(C)COC(=O)CCNCCN(CCC(=O)OCC(C)(C)CC(C)(C)C)CCC(=O)OCC(C)(C)CC(C)(C)C. The summed E-state index contributed by atoms with van der Waals surface area (Å²) in [5.74, 6) is -0.673. The van der Waals surface area contributed by atoms with Crippen molar-refractivity contribution in [1.82, 2.24) is 10.2 Å². The van der Waals surface area contributed by atoms with Gasteiger partial charge in [-0.15, -0.1) is 0 Å². The number of rotatable bonds is 21. The van der Waals surface area contributed by atoms with Crippen LogP contribution in [-0.4, -0.2) is 75.4 Å². The Bertz CT molecular complexity index is 871. The highest BCUT2D eigenvalue weighted by Gasteiger charge is 2.29. The highest BCUT2D eigenvalue weighted by molar-refractivity contribution is 5.70. The van der Waals surface area contributed by atoms with Gasteiger partial charge in [0.25, 0.3) is 0 Å². The van der Waals surface area contributed by atoms with Crippen molar-refractivity contribution in [3.05, 3.63) is 0 Å². The van der Waals surface area contributed by atoms with Crippen molar-refractivity contribution in [2.24, 2.45) is 32.5 Å². The first-order chi connectivity index (χ1) is 20.6. The zero-order valence-electron chi connectivity index (χ0n) is 32.8. The summed E-state index contributed by atoms with van der Waals surface area (Å²) in [6.07, 6.45) is 3.64. The van der Waals surface area contributed by atoms with Crippen LogP contribution in [-0.2, 0) is 28.6 Å². The molecular weight excluding hydrogens is 580 g/mol. The molecule has 0 aliphatic carbocycles.